The number of hydrogen-bond acceptors (Lipinski definition) is 5. The SMILES string of the molecule is CCNC(=NCC(C(C)C)N1CCN(C)CC1)NCCNC(=O)OC(C)(C)C.I. The Morgan fingerprint density at radius 1 is 1.07 bits per heavy atom. The van der Waals surface area contributed by atoms with Gasteiger partial charge in [-0.25, -0.2) is 4.79 Å². The van der Waals surface area contributed by atoms with E-state index in [0.717, 1.165) is 45.2 Å². The van der Waals surface area contributed by atoms with Crippen molar-refractivity contribution in [3.8, 4) is 0 Å². The van der Waals surface area contributed by atoms with Gasteiger partial charge in [-0.15, -0.1) is 24.0 Å². The Labute approximate surface area is 194 Å². The van der Waals surface area contributed by atoms with Crippen LogP contribution in [-0.2, 0) is 4.74 Å². The van der Waals surface area contributed by atoms with Gasteiger partial charge < -0.3 is 25.6 Å². The van der Waals surface area contributed by atoms with Gasteiger partial charge in [-0.2, -0.15) is 0 Å². The summed E-state index contributed by atoms with van der Waals surface area (Å²) in [5, 5.41) is 9.32. The molecule has 1 aliphatic rings. The monoisotopic (exact) mass is 526 g/mol. The molecule has 1 fully saturated rings. The fourth-order valence-corrected chi connectivity index (χ4v) is 3.09. The third-order valence-electron chi connectivity index (χ3n) is 4.64. The minimum absolute atomic E-state index is 0. The number of ether oxygens (including phenoxy) is 1. The number of alkyl carbamates (subject to hydrolysis) is 1. The number of guanidine groups is 1. The van der Waals surface area contributed by atoms with Crippen LogP contribution in [0.2, 0.25) is 0 Å². The van der Waals surface area contributed by atoms with Crippen molar-refractivity contribution in [1.29, 1.82) is 0 Å². The Hall–Kier alpha value is -0.810. The average molecular weight is 527 g/mol. The number of nitrogens with zero attached hydrogens (tertiary/aromatic N) is 3. The molecule has 3 N–H and O–H groups in total. The van der Waals surface area contributed by atoms with Crippen molar-refractivity contribution < 1.29 is 9.53 Å². The molecule has 0 radical (unpaired) electrons. The Morgan fingerprint density at radius 3 is 2.17 bits per heavy atom. The first-order chi connectivity index (χ1) is 13.1. The van der Waals surface area contributed by atoms with Gasteiger partial charge in [0.2, 0.25) is 0 Å². The number of piperazine rings is 1. The highest BCUT2D eigenvalue weighted by molar-refractivity contribution is 14.0. The third kappa shape index (κ3) is 12.5. The molecule has 0 aliphatic carbocycles. The van der Waals surface area contributed by atoms with E-state index in [1.54, 1.807) is 0 Å². The van der Waals surface area contributed by atoms with E-state index in [1.807, 2.05) is 20.8 Å². The van der Waals surface area contributed by atoms with Gasteiger partial charge in [-0.3, -0.25) is 9.89 Å². The van der Waals surface area contributed by atoms with Crippen LogP contribution in [0.25, 0.3) is 0 Å². The van der Waals surface area contributed by atoms with Crippen molar-refractivity contribution in [2.24, 2.45) is 10.9 Å². The molecule has 9 heteroatoms. The van der Waals surface area contributed by atoms with Crippen molar-refractivity contribution in [3.05, 3.63) is 0 Å². The number of likely N-dealkylation sites (N-methyl/N-ethyl adjacent to an activating group) is 1. The average Bonchev–Trinajstić information content (AvgIpc) is 2.58. The lowest BCUT2D eigenvalue weighted by atomic mass is 10.0. The number of carbonyl (C=O) groups excluding carboxylic acids is 1. The summed E-state index contributed by atoms with van der Waals surface area (Å²) >= 11 is 0. The Morgan fingerprint density at radius 2 is 1.66 bits per heavy atom. The molecule has 1 rings (SSSR count). The van der Waals surface area contributed by atoms with E-state index < -0.39 is 11.7 Å². The van der Waals surface area contributed by atoms with E-state index in [1.165, 1.54) is 0 Å². The highest BCUT2D eigenvalue weighted by Gasteiger charge is 2.24. The second kappa shape index (κ2) is 14.2. The van der Waals surface area contributed by atoms with Crippen LogP contribution in [0.3, 0.4) is 0 Å². The van der Waals surface area contributed by atoms with Crippen molar-refractivity contribution in [3.63, 3.8) is 0 Å². The summed E-state index contributed by atoms with van der Waals surface area (Å²) in [5.74, 6) is 1.33. The largest absolute Gasteiger partial charge is 0.444 e. The van der Waals surface area contributed by atoms with Crippen molar-refractivity contribution in [2.75, 3.05) is 59.4 Å². The predicted molar refractivity (Wildman–Crippen MR) is 131 cm³/mol. The van der Waals surface area contributed by atoms with Gasteiger partial charge >= 0.3 is 6.09 Å². The first kappa shape index (κ1) is 28.2. The van der Waals surface area contributed by atoms with Crippen LogP contribution in [0.1, 0.15) is 41.5 Å². The molecule has 8 nitrogen and oxygen atoms in total. The van der Waals surface area contributed by atoms with Gasteiger partial charge in [-0.05, 0) is 40.7 Å². The van der Waals surface area contributed by atoms with Gasteiger partial charge in [0, 0.05) is 51.9 Å². The predicted octanol–water partition coefficient (Wildman–Crippen LogP) is 1.96. The van der Waals surface area contributed by atoms with Crippen LogP contribution in [0, 0.1) is 5.92 Å². The van der Waals surface area contributed by atoms with Crippen molar-refractivity contribution >= 4 is 36.0 Å². The van der Waals surface area contributed by atoms with Crippen LogP contribution >= 0.6 is 24.0 Å². The molecule has 0 bridgehead atoms. The molecule has 1 saturated heterocycles. The first-order valence-electron chi connectivity index (χ1n) is 10.5. The molecule has 29 heavy (non-hydrogen) atoms. The molecule has 172 valence electrons. The highest BCUT2D eigenvalue weighted by Crippen LogP contribution is 2.14. The lowest BCUT2D eigenvalue weighted by molar-refractivity contribution is 0.0529. The Balaban J connectivity index is 0.00000784. The summed E-state index contributed by atoms with van der Waals surface area (Å²) in [6.45, 7) is 19.2. The van der Waals surface area contributed by atoms with E-state index in [4.69, 9.17) is 9.73 Å². The lowest BCUT2D eigenvalue weighted by Crippen LogP contribution is -2.52. The smallest absolute Gasteiger partial charge is 0.407 e. The number of aliphatic imine (C=N–C) groups is 1. The van der Waals surface area contributed by atoms with Crippen LogP contribution in [0.5, 0.6) is 0 Å². The van der Waals surface area contributed by atoms with E-state index in [-0.39, 0.29) is 24.0 Å². The molecule has 1 amide bonds. The summed E-state index contributed by atoms with van der Waals surface area (Å²) < 4.78 is 5.24. The second-order valence-corrected chi connectivity index (χ2v) is 8.73. The quantitative estimate of drug-likeness (QED) is 0.194. The lowest BCUT2D eigenvalue weighted by Gasteiger charge is -2.39. The van der Waals surface area contributed by atoms with E-state index in [0.29, 0.717) is 25.0 Å². The summed E-state index contributed by atoms with van der Waals surface area (Å²) in [5.41, 5.74) is -0.483. The Kier molecular flexibility index (Phi) is 13.8. The van der Waals surface area contributed by atoms with Gasteiger partial charge in [0.15, 0.2) is 5.96 Å². The van der Waals surface area contributed by atoms with Crippen molar-refractivity contribution in [2.45, 2.75) is 53.2 Å². The molecular weight excluding hydrogens is 483 g/mol. The van der Waals surface area contributed by atoms with Gasteiger partial charge in [0.1, 0.15) is 5.60 Å². The van der Waals surface area contributed by atoms with E-state index in [9.17, 15) is 4.79 Å². The number of halogens is 1. The topological polar surface area (TPSA) is 81.2 Å². The fraction of sp³-hybridized carbons (Fsp3) is 0.900. The normalized spacial score (nSPS) is 17.4. The van der Waals surface area contributed by atoms with Gasteiger partial charge in [-0.1, -0.05) is 13.8 Å². The minimum atomic E-state index is -0.483. The van der Waals surface area contributed by atoms with Crippen LogP contribution in [0.15, 0.2) is 4.99 Å². The highest BCUT2D eigenvalue weighted by atomic mass is 127. The Bertz CT molecular complexity index is 488. The zero-order valence-corrected chi connectivity index (χ0v) is 21.7. The molecule has 1 heterocycles. The zero-order valence-electron chi connectivity index (χ0n) is 19.4. The van der Waals surface area contributed by atoms with Gasteiger partial charge in [0.25, 0.3) is 0 Å². The first-order valence-corrected chi connectivity index (χ1v) is 10.5. The molecule has 1 atom stereocenters. The fourth-order valence-electron chi connectivity index (χ4n) is 3.09. The van der Waals surface area contributed by atoms with Crippen LogP contribution in [0.4, 0.5) is 4.79 Å². The molecule has 0 saturated carbocycles. The van der Waals surface area contributed by atoms with Crippen LogP contribution < -0.4 is 16.0 Å². The van der Waals surface area contributed by atoms with Crippen molar-refractivity contribution in [1.82, 2.24) is 25.8 Å². The summed E-state index contributed by atoms with van der Waals surface area (Å²) in [7, 11) is 2.18. The molecule has 0 spiro atoms. The number of nitrogens with one attached hydrogen (secondary N) is 3. The molecule has 0 aromatic rings. The maximum Gasteiger partial charge on any atom is 0.407 e. The minimum Gasteiger partial charge on any atom is -0.444 e. The molecule has 0 aromatic carbocycles. The number of amides is 1. The molecule has 1 unspecified atom stereocenters. The summed E-state index contributed by atoms with van der Waals surface area (Å²) in [4.78, 5) is 21.4. The number of hydrogen-bond donors (Lipinski definition) is 3. The maximum absolute atomic E-state index is 11.7. The number of rotatable bonds is 8. The summed E-state index contributed by atoms with van der Waals surface area (Å²) in [6.07, 6.45) is -0.397. The van der Waals surface area contributed by atoms with Crippen LogP contribution in [-0.4, -0.2) is 92.9 Å². The summed E-state index contributed by atoms with van der Waals surface area (Å²) in [6, 6.07) is 0.434. The van der Waals surface area contributed by atoms with Gasteiger partial charge in [0.05, 0.1) is 6.54 Å². The standard InChI is InChI=1S/C20H42N6O2.HI/c1-8-21-18(22-9-10-23-19(27)28-20(4,5)6)24-15-17(16(2)3)26-13-11-25(7)12-14-26;/h16-17H,8-15H2,1-7H3,(H,23,27)(H2,21,22,24);1H. The second-order valence-electron chi connectivity index (χ2n) is 8.73. The zero-order chi connectivity index (χ0) is 21.2. The molecule has 1 aliphatic heterocycles. The molecule has 0 aromatic heterocycles. The van der Waals surface area contributed by atoms with E-state index in [2.05, 4.69) is 53.6 Å². The molecular formula is C20H43IN6O2. The maximum atomic E-state index is 11.7. The van der Waals surface area contributed by atoms with E-state index >= 15 is 0 Å². The third-order valence-corrected chi connectivity index (χ3v) is 4.64. The number of carbonyl (C=O) groups is 1.